The molecule has 0 aromatic carbocycles. The van der Waals surface area contributed by atoms with Crippen molar-refractivity contribution in [2.75, 3.05) is 25.5 Å². The standard InChI is InChI=1S/C23H24N8O3/c1-14-12-21(31(28-14)10-11-32)27-23-24-8-6-18(26-23)16-4-3-5-17(25-16)19-13-20(34-29-19)15-7-9-30(2)22(15)33/h3-6,8,12-13,15,32H,7,9-11H2,1-2H3,(H,24,26,27)/t15-/m0/s1. The molecule has 0 bridgehead atoms. The summed E-state index contributed by atoms with van der Waals surface area (Å²) in [7, 11) is 1.79. The zero-order valence-electron chi connectivity index (χ0n) is 18.8. The number of nitrogens with one attached hydrogen (secondary N) is 1. The van der Waals surface area contributed by atoms with Crippen molar-refractivity contribution in [2.24, 2.45) is 0 Å². The molecule has 4 aromatic rings. The highest BCUT2D eigenvalue weighted by molar-refractivity contribution is 5.85. The van der Waals surface area contributed by atoms with Crippen LogP contribution < -0.4 is 5.32 Å². The fourth-order valence-electron chi connectivity index (χ4n) is 3.97. The number of amides is 1. The number of hydrogen-bond donors (Lipinski definition) is 2. The minimum Gasteiger partial charge on any atom is -0.394 e. The van der Waals surface area contributed by atoms with Gasteiger partial charge in [0.2, 0.25) is 11.9 Å². The second-order valence-electron chi connectivity index (χ2n) is 8.13. The van der Waals surface area contributed by atoms with E-state index >= 15 is 0 Å². The molecule has 11 heteroatoms. The van der Waals surface area contributed by atoms with Crippen molar-refractivity contribution in [3.05, 3.63) is 54.0 Å². The number of carbonyl (C=O) groups excluding carboxylic acids is 1. The van der Waals surface area contributed by atoms with E-state index in [1.807, 2.05) is 31.2 Å². The number of anilines is 2. The number of pyridine rings is 1. The lowest BCUT2D eigenvalue weighted by Crippen LogP contribution is -2.21. The summed E-state index contributed by atoms with van der Waals surface area (Å²) in [6, 6.07) is 11.0. The molecule has 1 aliphatic rings. The van der Waals surface area contributed by atoms with Crippen LogP contribution in [-0.2, 0) is 11.3 Å². The monoisotopic (exact) mass is 460 g/mol. The maximum Gasteiger partial charge on any atom is 0.233 e. The van der Waals surface area contributed by atoms with Crippen molar-refractivity contribution in [2.45, 2.75) is 25.8 Å². The minimum absolute atomic E-state index is 0.0250. The van der Waals surface area contributed by atoms with Crippen molar-refractivity contribution in [3.63, 3.8) is 0 Å². The predicted molar refractivity (Wildman–Crippen MR) is 123 cm³/mol. The van der Waals surface area contributed by atoms with Crippen molar-refractivity contribution >= 4 is 17.7 Å². The Balaban J connectivity index is 1.39. The van der Waals surface area contributed by atoms with Crippen LogP contribution in [0.25, 0.3) is 22.8 Å². The fourth-order valence-corrected chi connectivity index (χ4v) is 3.97. The molecule has 2 N–H and O–H groups in total. The quantitative estimate of drug-likeness (QED) is 0.426. The Hall–Kier alpha value is -4.12. The first kappa shape index (κ1) is 21.7. The topological polar surface area (TPSA) is 135 Å². The summed E-state index contributed by atoms with van der Waals surface area (Å²) < 4.78 is 7.15. The molecule has 1 aliphatic heterocycles. The highest BCUT2D eigenvalue weighted by atomic mass is 16.5. The van der Waals surface area contributed by atoms with Gasteiger partial charge in [-0.25, -0.2) is 19.6 Å². The van der Waals surface area contributed by atoms with Gasteiger partial charge >= 0.3 is 0 Å². The summed E-state index contributed by atoms with van der Waals surface area (Å²) in [5.74, 6) is 1.37. The lowest BCUT2D eigenvalue weighted by atomic mass is 10.0. The predicted octanol–water partition coefficient (Wildman–Crippen LogP) is 2.38. The molecule has 34 heavy (non-hydrogen) atoms. The van der Waals surface area contributed by atoms with Gasteiger partial charge in [0, 0.05) is 31.9 Å². The number of aromatic nitrogens is 6. The van der Waals surface area contributed by atoms with E-state index in [1.165, 1.54) is 0 Å². The van der Waals surface area contributed by atoms with Gasteiger partial charge in [-0.2, -0.15) is 5.10 Å². The molecule has 0 unspecified atom stereocenters. The van der Waals surface area contributed by atoms with Gasteiger partial charge in [-0.05, 0) is 31.5 Å². The van der Waals surface area contributed by atoms with Gasteiger partial charge in [0.1, 0.15) is 23.2 Å². The Bertz CT molecular complexity index is 1330. The summed E-state index contributed by atoms with van der Waals surface area (Å²) in [5, 5.41) is 20.9. The van der Waals surface area contributed by atoms with Gasteiger partial charge in [0.05, 0.1) is 35.9 Å². The van der Waals surface area contributed by atoms with Crippen molar-refractivity contribution in [1.29, 1.82) is 0 Å². The molecule has 1 amide bonds. The molecule has 5 rings (SSSR count). The third-order valence-electron chi connectivity index (χ3n) is 5.68. The molecule has 4 aromatic heterocycles. The van der Waals surface area contributed by atoms with Crippen LogP contribution in [0.3, 0.4) is 0 Å². The van der Waals surface area contributed by atoms with Crippen LogP contribution in [0.2, 0.25) is 0 Å². The van der Waals surface area contributed by atoms with Crippen molar-refractivity contribution in [3.8, 4) is 22.8 Å². The van der Waals surface area contributed by atoms with E-state index in [2.05, 4.69) is 25.5 Å². The molecule has 1 saturated heterocycles. The summed E-state index contributed by atoms with van der Waals surface area (Å²) in [5.41, 5.74) is 3.27. The Kier molecular flexibility index (Phi) is 5.76. The molecule has 0 aliphatic carbocycles. The Morgan fingerprint density at radius 2 is 1.94 bits per heavy atom. The number of likely N-dealkylation sites (tertiary alicyclic amines) is 1. The highest BCUT2D eigenvalue weighted by Crippen LogP contribution is 2.31. The maximum absolute atomic E-state index is 12.3. The number of hydrogen-bond acceptors (Lipinski definition) is 9. The van der Waals surface area contributed by atoms with E-state index in [0.29, 0.717) is 59.8 Å². The number of carbonyl (C=O) groups is 1. The summed E-state index contributed by atoms with van der Waals surface area (Å²) in [6.07, 6.45) is 2.36. The van der Waals surface area contributed by atoms with Gasteiger partial charge in [-0.15, -0.1) is 0 Å². The van der Waals surface area contributed by atoms with E-state index in [-0.39, 0.29) is 18.4 Å². The van der Waals surface area contributed by atoms with Crippen LogP contribution >= 0.6 is 0 Å². The lowest BCUT2D eigenvalue weighted by molar-refractivity contribution is -0.128. The second kappa shape index (κ2) is 9.02. The first-order valence-electron chi connectivity index (χ1n) is 11.0. The Labute approximate surface area is 195 Å². The van der Waals surface area contributed by atoms with Gasteiger partial charge < -0.3 is 19.8 Å². The number of rotatable bonds is 7. The highest BCUT2D eigenvalue weighted by Gasteiger charge is 2.33. The van der Waals surface area contributed by atoms with E-state index in [9.17, 15) is 9.90 Å². The third-order valence-corrected chi connectivity index (χ3v) is 5.68. The van der Waals surface area contributed by atoms with Crippen molar-refractivity contribution in [1.82, 2.24) is 34.8 Å². The van der Waals surface area contributed by atoms with Crippen LogP contribution in [0.5, 0.6) is 0 Å². The van der Waals surface area contributed by atoms with E-state index in [0.717, 1.165) is 5.69 Å². The van der Waals surface area contributed by atoms with Crippen LogP contribution in [0, 0.1) is 6.92 Å². The SMILES string of the molecule is Cc1cc(Nc2nccc(-c3cccc(-c4cc([C@@H]5CCN(C)C5=O)on4)n3)n2)n(CCO)n1. The first-order chi connectivity index (χ1) is 16.5. The number of nitrogens with zero attached hydrogens (tertiary/aromatic N) is 7. The normalized spacial score (nSPS) is 15.8. The number of likely N-dealkylation sites (N-methyl/N-ethyl adjacent to an activating group) is 1. The number of aryl methyl sites for hydroxylation is 1. The third kappa shape index (κ3) is 4.25. The molecule has 0 spiro atoms. The molecule has 0 radical (unpaired) electrons. The van der Waals surface area contributed by atoms with Gasteiger partial charge in [0.15, 0.2) is 0 Å². The molecule has 1 fully saturated rings. The zero-order chi connectivity index (χ0) is 23.7. The summed E-state index contributed by atoms with van der Waals surface area (Å²) in [6.45, 7) is 2.92. The largest absolute Gasteiger partial charge is 0.394 e. The molecule has 174 valence electrons. The minimum atomic E-state index is -0.298. The van der Waals surface area contributed by atoms with Crippen molar-refractivity contribution < 1.29 is 14.4 Å². The summed E-state index contributed by atoms with van der Waals surface area (Å²) in [4.78, 5) is 27.6. The second-order valence-corrected chi connectivity index (χ2v) is 8.13. The molecule has 5 heterocycles. The Morgan fingerprint density at radius 3 is 2.71 bits per heavy atom. The first-order valence-corrected chi connectivity index (χ1v) is 11.0. The summed E-state index contributed by atoms with van der Waals surface area (Å²) >= 11 is 0. The smallest absolute Gasteiger partial charge is 0.233 e. The van der Waals surface area contributed by atoms with Crippen LogP contribution in [-0.4, -0.2) is 66.0 Å². The Morgan fingerprint density at radius 1 is 1.15 bits per heavy atom. The zero-order valence-corrected chi connectivity index (χ0v) is 18.8. The molecular weight excluding hydrogens is 436 g/mol. The fraction of sp³-hybridized carbons (Fsp3) is 0.304. The van der Waals surface area contributed by atoms with Gasteiger partial charge in [-0.1, -0.05) is 11.2 Å². The molecule has 1 atom stereocenters. The lowest BCUT2D eigenvalue weighted by Gasteiger charge is -2.08. The van der Waals surface area contributed by atoms with Crippen LogP contribution in [0.1, 0.15) is 23.8 Å². The van der Waals surface area contributed by atoms with Crippen LogP contribution in [0.15, 0.2) is 47.1 Å². The molecular formula is C23H24N8O3. The maximum atomic E-state index is 12.3. The average Bonchev–Trinajstić information content (AvgIpc) is 3.54. The van der Waals surface area contributed by atoms with Crippen LogP contribution in [0.4, 0.5) is 11.8 Å². The average molecular weight is 460 g/mol. The van der Waals surface area contributed by atoms with Gasteiger partial charge in [0.25, 0.3) is 0 Å². The van der Waals surface area contributed by atoms with E-state index in [1.54, 1.807) is 35.0 Å². The molecule has 0 saturated carbocycles. The number of aliphatic hydroxyl groups excluding tert-OH is 1. The van der Waals surface area contributed by atoms with E-state index < -0.39 is 0 Å². The van der Waals surface area contributed by atoms with E-state index in [4.69, 9.17) is 9.51 Å². The van der Waals surface area contributed by atoms with Gasteiger partial charge in [-0.3, -0.25) is 4.79 Å². The molecule has 11 nitrogen and oxygen atoms in total. The number of aliphatic hydroxyl groups is 1.